The number of aromatic nitrogens is 3. The minimum Gasteiger partial charge on any atom is -0.310 e. The molecular formula is C49H75BrClN3O3. The van der Waals surface area contributed by atoms with E-state index in [9.17, 15) is 14.4 Å². The third-order valence-corrected chi connectivity index (χ3v) is 11.4. The van der Waals surface area contributed by atoms with Crippen molar-refractivity contribution < 1.29 is 0 Å². The normalized spacial score (nSPS) is 11.4. The largest absolute Gasteiger partial charge is 0.310 e. The number of aryl methyl sites for hydroxylation is 3. The van der Waals surface area contributed by atoms with Crippen molar-refractivity contribution in [3.8, 4) is 0 Å². The molecule has 0 radical (unpaired) electrons. The van der Waals surface area contributed by atoms with Crippen LogP contribution in [-0.2, 0) is 0 Å². The van der Waals surface area contributed by atoms with Crippen LogP contribution in [0.2, 0.25) is 5.02 Å². The van der Waals surface area contributed by atoms with Gasteiger partial charge in [0, 0.05) is 40.8 Å². The van der Waals surface area contributed by atoms with E-state index in [1.54, 1.807) is 4.57 Å². The Balaban J connectivity index is 0.000000381. The molecule has 8 heteroatoms. The SMILES string of the molecule is CC(C)c1cccc(C(C)C)c1.Cc1c(C(C)C)cc(C)n(C(C)C)c1=O.Cc1cc(C(C)C)c(Br)c(=O)n1C(C)C.Cc1cc(C(C)C)c(Cl)c(=O)n1C(C)C. The van der Waals surface area contributed by atoms with E-state index in [0.717, 1.165) is 33.8 Å². The molecule has 318 valence electrons. The summed E-state index contributed by atoms with van der Waals surface area (Å²) in [6.45, 7) is 41.4. The maximum Gasteiger partial charge on any atom is 0.270 e. The van der Waals surface area contributed by atoms with Gasteiger partial charge in [0.05, 0.1) is 4.47 Å². The molecule has 0 spiro atoms. The number of nitrogens with zero attached hydrogens (tertiary/aromatic N) is 3. The Morgan fingerprint density at radius 2 is 0.789 bits per heavy atom. The maximum absolute atomic E-state index is 12.1. The van der Waals surface area contributed by atoms with Crippen molar-refractivity contribution in [2.75, 3.05) is 0 Å². The second-order valence-electron chi connectivity index (χ2n) is 17.7. The quantitative estimate of drug-likeness (QED) is 0.177. The first kappa shape index (κ1) is 51.9. The van der Waals surface area contributed by atoms with Gasteiger partial charge >= 0.3 is 0 Å². The molecule has 0 aliphatic carbocycles. The molecule has 6 nitrogen and oxygen atoms in total. The predicted molar refractivity (Wildman–Crippen MR) is 252 cm³/mol. The lowest BCUT2D eigenvalue weighted by Gasteiger charge is -2.18. The number of pyridine rings is 3. The lowest BCUT2D eigenvalue weighted by molar-refractivity contribution is 0.556. The summed E-state index contributed by atoms with van der Waals surface area (Å²) in [6, 6.07) is 15.7. The van der Waals surface area contributed by atoms with Gasteiger partial charge in [-0.1, -0.05) is 105 Å². The van der Waals surface area contributed by atoms with Gasteiger partial charge in [-0.05, 0) is 161 Å². The lowest BCUT2D eigenvalue weighted by atomic mass is 9.96. The molecule has 0 aliphatic heterocycles. The van der Waals surface area contributed by atoms with Gasteiger partial charge in [0.25, 0.3) is 16.7 Å². The van der Waals surface area contributed by atoms with E-state index in [-0.39, 0.29) is 40.7 Å². The van der Waals surface area contributed by atoms with Crippen molar-refractivity contribution in [2.24, 2.45) is 0 Å². The Labute approximate surface area is 359 Å². The highest BCUT2D eigenvalue weighted by Crippen LogP contribution is 2.25. The van der Waals surface area contributed by atoms with E-state index in [1.165, 1.54) is 16.7 Å². The van der Waals surface area contributed by atoms with Crippen molar-refractivity contribution in [3.63, 3.8) is 0 Å². The van der Waals surface area contributed by atoms with Crippen LogP contribution in [0.1, 0.15) is 209 Å². The molecule has 4 rings (SSSR count). The average molecular weight is 870 g/mol. The van der Waals surface area contributed by atoms with E-state index in [4.69, 9.17) is 11.6 Å². The summed E-state index contributed by atoms with van der Waals surface area (Å²) in [5.41, 5.74) is 10.2. The van der Waals surface area contributed by atoms with E-state index in [1.807, 2.05) is 98.3 Å². The van der Waals surface area contributed by atoms with Crippen LogP contribution >= 0.6 is 27.5 Å². The van der Waals surface area contributed by atoms with Crippen LogP contribution in [-0.4, -0.2) is 13.7 Å². The highest BCUT2D eigenvalue weighted by Gasteiger charge is 2.16. The first-order chi connectivity index (χ1) is 26.2. The van der Waals surface area contributed by atoms with Crippen LogP contribution in [0.15, 0.2) is 61.3 Å². The Bertz CT molecular complexity index is 1880. The summed E-state index contributed by atoms with van der Waals surface area (Å²) in [4.78, 5) is 36.2. The van der Waals surface area contributed by atoms with Gasteiger partial charge in [0.2, 0.25) is 0 Å². The van der Waals surface area contributed by atoms with E-state index in [0.29, 0.717) is 33.2 Å². The smallest absolute Gasteiger partial charge is 0.270 e. The number of benzene rings is 1. The summed E-state index contributed by atoms with van der Waals surface area (Å²) in [7, 11) is 0. The molecule has 0 saturated carbocycles. The van der Waals surface area contributed by atoms with Gasteiger partial charge in [-0.2, -0.15) is 0 Å². The molecule has 0 atom stereocenters. The van der Waals surface area contributed by atoms with Gasteiger partial charge in [-0.25, -0.2) is 0 Å². The second-order valence-corrected chi connectivity index (χ2v) is 18.9. The van der Waals surface area contributed by atoms with Crippen LogP contribution in [0, 0.1) is 27.7 Å². The summed E-state index contributed by atoms with van der Waals surface area (Å²) >= 11 is 9.48. The van der Waals surface area contributed by atoms with Gasteiger partial charge in [-0.15, -0.1) is 0 Å². The van der Waals surface area contributed by atoms with Gasteiger partial charge in [0.1, 0.15) is 5.02 Å². The second kappa shape index (κ2) is 22.8. The molecule has 57 heavy (non-hydrogen) atoms. The molecule has 0 N–H and O–H groups in total. The Hall–Kier alpha value is -3.16. The van der Waals surface area contributed by atoms with Crippen LogP contribution in [0.3, 0.4) is 0 Å². The summed E-state index contributed by atoms with van der Waals surface area (Å²) < 4.78 is 6.11. The number of halogens is 2. The summed E-state index contributed by atoms with van der Waals surface area (Å²) in [6.07, 6.45) is 0. The molecule has 0 bridgehead atoms. The van der Waals surface area contributed by atoms with Crippen LogP contribution in [0.5, 0.6) is 0 Å². The standard InChI is InChI=1S/C13H21NO.C12H18BrNO.C12H18ClNO.C12H18/c1-8(2)12-7-10(5)14(9(3)4)13(15)11(12)6;2*1-7(2)10-6-9(5)14(8(3)4)12(15)11(10)13;1-9(2)11-6-5-7-12(8-11)10(3)4/h7-9H,1-6H3;2*6-8H,1-5H3;5-10H,1-4H3. The molecule has 3 heterocycles. The highest BCUT2D eigenvalue weighted by molar-refractivity contribution is 9.10. The van der Waals surface area contributed by atoms with E-state index >= 15 is 0 Å². The zero-order valence-electron chi connectivity index (χ0n) is 39.0. The highest BCUT2D eigenvalue weighted by atomic mass is 79.9. The molecule has 4 aromatic rings. The van der Waals surface area contributed by atoms with Crippen molar-refractivity contribution in [2.45, 2.75) is 186 Å². The van der Waals surface area contributed by atoms with Crippen LogP contribution in [0.4, 0.5) is 0 Å². The zero-order valence-corrected chi connectivity index (χ0v) is 41.3. The molecule has 1 aromatic carbocycles. The Kier molecular flexibility index (Phi) is 20.8. The van der Waals surface area contributed by atoms with Crippen molar-refractivity contribution >= 4 is 27.5 Å². The van der Waals surface area contributed by atoms with E-state index < -0.39 is 0 Å². The van der Waals surface area contributed by atoms with Gasteiger partial charge in [-0.3, -0.25) is 14.4 Å². The molecular weight excluding hydrogens is 794 g/mol. The summed E-state index contributed by atoms with van der Waals surface area (Å²) in [5.74, 6) is 2.35. The molecule has 0 fully saturated rings. The van der Waals surface area contributed by atoms with Crippen molar-refractivity contribution in [3.05, 3.63) is 133 Å². The Morgan fingerprint density at radius 3 is 1.14 bits per heavy atom. The van der Waals surface area contributed by atoms with Crippen LogP contribution < -0.4 is 16.7 Å². The molecule has 0 aliphatic rings. The predicted octanol–water partition coefficient (Wildman–Crippen LogP) is 14.2. The first-order valence-electron chi connectivity index (χ1n) is 20.8. The zero-order chi connectivity index (χ0) is 44.4. The number of rotatable bonds is 8. The number of hydrogen-bond acceptors (Lipinski definition) is 3. The van der Waals surface area contributed by atoms with Crippen LogP contribution in [0.25, 0.3) is 0 Å². The fourth-order valence-corrected chi connectivity index (χ4v) is 8.13. The van der Waals surface area contributed by atoms with Crippen molar-refractivity contribution in [1.82, 2.24) is 13.7 Å². The molecule has 0 saturated heterocycles. The molecule has 0 unspecified atom stereocenters. The maximum atomic E-state index is 12.1. The third kappa shape index (κ3) is 14.0. The average Bonchev–Trinajstić information content (AvgIpc) is 3.09. The van der Waals surface area contributed by atoms with E-state index in [2.05, 4.69) is 108 Å². The lowest BCUT2D eigenvalue weighted by Crippen LogP contribution is -2.27. The molecule has 3 aromatic heterocycles. The fourth-order valence-electron chi connectivity index (χ4n) is 7.00. The minimum atomic E-state index is -0.0737. The minimum absolute atomic E-state index is 0.0737. The monoisotopic (exact) mass is 867 g/mol. The van der Waals surface area contributed by atoms with Gasteiger partial charge in [0.15, 0.2) is 0 Å². The van der Waals surface area contributed by atoms with Crippen molar-refractivity contribution in [1.29, 1.82) is 0 Å². The molecule has 0 amide bonds. The van der Waals surface area contributed by atoms with Gasteiger partial charge < -0.3 is 13.7 Å². The fraction of sp³-hybridized carbons (Fsp3) is 0.571. The Morgan fingerprint density at radius 1 is 0.456 bits per heavy atom. The first-order valence-corrected chi connectivity index (χ1v) is 22.0. The third-order valence-electron chi connectivity index (χ3n) is 10.2. The number of hydrogen-bond donors (Lipinski definition) is 0. The summed E-state index contributed by atoms with van der Waals surface area (Å²) in [5, 5.41) is 0.365. The topological polar surface area (TPSA) is 66.0 Å².